The zero-order chi connectivity index (χ0) is 18.5. The van der Waals surface area contributed by atoms with E-state index in [2.05, 4.69) is 16.2 Å². The summed E-state index contributed by atoms with van der Waals surface area (Å²) in [6.07, 6.45) is 4.14. The van der Waals surface area contributed by atoms with Gasteiger partial charge in [-0.2, -0.15) is 0 Å². The molecule has 0 radical (unpaired) electrons. The zero-order valence-corrected chi connectivity index (χ0v) is 16.0. The van der Waals surface area contributed by atoms with E-state index in [0.717, 1.165) is 65.5 Å². The first-order chi connectivity index (χ1) is 12.5. The molecule has 3 rings (SSSR count). The number of aryl methyl sites for hydroxylation is 5. The number of unbranched alkanes of at least 4 members (excludes halogenated alkanes) is 2. The van der Waals surface area contributed by atoms with Crippen LogP contribution in [0.4, 0.5) is 0 Å². The van der Waals surface area contributed by atoms with Gasteiger partial charge in [-0.15, -0.1) is 0 Å². The fourth-order valence-electron chi connectivity index (χ4n) is 2.83. The highest BCUT2D eigenvalue weighted by Gasteiger charge is 2.10. The Hall–Kier alpha value is -2.56. The maximum absolute atomic E-state index is 5.93. The number of ether oxygens (including phenoxy) is 1. The Labute approximate surface area is 154 Å². The first kappa shape index (κ1) is 18.2. The van der Waals surface area contributed by atoms with Gasteiger partial charge in [0, 0.05) is 18.1 Å². The van der Waals surface area contributed by atoms with E-state index in [4.69, 9.17) is 13.7 Å². The van der Waals surface area contributed by atoms with Crippen molar-refractivity contribution in [1.29, 1.82) is 0 Å². The van der Waals surface area contributed by atoms with Crippen LogP contribution in [0.2, 0.25) is 0 Å². The topological polar surface area (TPSA) is 61.3 Å². The molecule has 5 heteroatoms. The van der Waals surface area contributed by atoms with Gasteiger partial charge in [0.15, 0.2) is 0 Å². The summed E-state index contributed by atoms with van der Waals surface area (Å²) in [5.41, 5.74) is 3.94. The molecule has 2 heterocycles. The van der Waals surface area contributed by atoms with Crippen LogP contribution >= 0.6 is 0 Å². The van der Waals surface area contributed by atoms with Crippen LogP contribution in [0.5, 0.6) is 5.75 Å². The van der Waals surface area contributed by atoms with Crippen LogP contribution in [0.1, 0.15) is 47.7 Å². The third-order valence-electron chi connectivity index (χ3n) is 4.45. The zero-order valence-electron chi connectivity index (χ0n) is 16.0. The molecule has 0 amide bonds. The predicted octanol–water partition coefficient (Wildman–Crippen LogP) is 5.36. The molecule has 0 aliphatic heterocycles. The van der Waals surface area contributed by atoms with E-state index in [1.807, 2.05) is 45.9 Å². The Morgan fingerprint density at radius 1 is 1.00 bits per heavy atom. The largest absolute Gasteiger partial charge is 0.493 e. The second-order valence-electron chi connectivity index (χ2n) is 6.73. The molecule has 0 fully saturated rings. The molecule has 0 unspecified atom stereocenters. The molecule has 2 aromatic heterocycles. The van der Waals surface area contributed by atoms with E-state index < -0.39 is 0 Å². The molecule has 1 aromatic carbocycles. The molecular formula is C21H26N2O3. The molecule has 0 bridgehead atoms. The third-order valence-corrected chi connectivity index (χ3v) is 4.45. The second kappa shape index (κ2) is 8.21. The summed E-state index contributed by atoms with van der Waals surface area (Å²) in [6.45, 7) is 8.59. The van der Waals surface area contributed by atoms with Crippen molar-refractivity contribution in [1.82, 2.24) is 10.1 Å². The van der Waals surface area contributed by atoms with Gasteiger partial charge in [-0.3, -0.25) is 0 Å². The lowest BCUT2D eigenvalue weighted by Crippen LogP contribution is -1.99. The minimum atomic E-state index is 0.664. The maximum atomic E-state index is 5.93. The van der Waals surface area contributed by atoms with Crippen molar-refractivity contribution in [2.75, 3.05) is 6.61 Å². The molecule has 0 saturated carbocycles. The fourth-order valence-corrected chi connectivity index (χ4v) is 2.83. The quantitative estimate of drug-likeness (QED) is 0.510. The minimum absolute atomic E-state index is 0.664. The summed E-state index contributed by atoms with van der Waals surface area (Å²) in [4.78, 5) is 4.45. The van der Waals surface area contributed by atoms with Gasteiger partial charge in [-0.05, 0) is 70.7 Å². The first-order valence-electron chi connectivity index (χ1n) is 9.13. The number of benzene rings is 1. The van der Waals surface area contributed by atoms with E-state index in [1.165, 1.54) is 0 Å². The lowest BCUT2D eigenvalue weighted by Gasteiger charge is -2.09. The molecule has 26 heavy (non-hydrogen) atoms. The second-order valence-corrected chi connectivity index (χ2v) is 6.73. The lowest BCUT2D eigenvalue weighted by atomic mass is 10.1. The molecule has 0 spiro atoms. The maximum Gasteiger partial charge on any atom is 0.226 e. The van der Waals surface area contributed by atoms with Crippen LogP contribution in [0, 0.1) is 27.7 Å². The van der Waals surface area contributed by atoms with Crippen molar-refractivity contribution in [2.24, 2.45) is 0 Å². The number of hydrogen-bond donors (Lipinski definition) is 0. The smallest absolute Gasteiger partial charge is 0.226 e. The SMILES string of the molecule is Cc1cc(CCCCCOc2ccc(-c3nc(C)c(C)o3)cc2C)on1. The number of oxazole rings is 1. The van der Waals surface area contributed by atoms with Gasteiger partial charge in [0.05, 0.1) is 18.0 Å². The van der Waals surface area contributed by atoms with E-state index >= 15 is 0 Å². The average molecular weight is 354 g/mol. The number of nitrogens with zero attached hydrogens (tertiary/aromatic N) is 2. The highest BCUT2D eigenvalue weighted by atomic mass is 16.5. The summed E-state index contributed by atoms with van der Waals surface area (Å²) in [7, 11) is 0. The van der Waals surface area contributed by atoms with Crippen molar-refractivity contribution in [3.63, 3.8) is 0 Å². The molecule has 0 aliphatic rings. The molecule has 0 N–H and O–H groups in total. The summed E-state index contributed by atoms with van der Waals surface area (Å²) in [5.74, 6) is 3.40. The third kappa shape index (κ3) is 4.54. The lowest BCUT2D eigenvalue weighted by molar-refractivity contribution is 0.301. The average Bonchev–Trinajstić information content (AvgIpc) is 3.17. The highest BCUT2D eigenvalue weighted by molar-refractivity contribution is 5.57. The van der Waals surface area contributed by atoms with Crippen molar-refractivity contribution < 1.29 is 13.7 Å². The fraction of sp³-hybridized carbons (Fsp3) is 0.429. The summed E-state index contributed by atoms with van der Waals surface area (Å²) in [6, 6.07) is 8.06. The molecule has 138 valence electrons. The summed E-state index contributed by atoms with van der Waals surface area (Å²) in [5, 5.41) is 3.91. The predicted molar refractivity (Wildman–Crippen MR) is 100 cm³/mol. The van der Waals surface area contributed by atoms with Crippen LogP contribution in [-0.4, -0.2) is 16.7 Å². The molecule has 5 nitrogen and oxygen atoms in total. The standard InChI is InChI=1S/C21H26N2O3/c1-14-12-18(21-22-16(3)17(4)25-21)9-10-20(14)24-11-7-5-6-8-19-13-15(2)23-26-19/h9-10,12-13H,5-8,11H2,1-4H3. The van der Waals surface area contributed by atoms with E-state index in [0.29, 0.717) is 12.5 Å². The van der Waals surface area contributed by atoms with Gasteiger partial charge < -0.3 is 13.7 Å². The normalized spacial score (nSPS) is 11.1. The Morgan fingerprint density at radius 2 is 1.85 bits per heavy atom. The van der Waals surface area contributed by atoms with Crippen molar-refractivity contribution in [3.05, 3.63) is 52.7 Å². The highest BCUT2D eigenvalue weighted by Crippen LogP contribution is 2.27. The van der Waals surface area contributed by atoms with Crippen LogP contribution < -0.4 is 4.74 Å². The van der Waals surface area contributed by atoms with Crippen molar-refractivity contribution in [3.8, 4) is 17.2 Å². The van der Waals surface area contributed by atoms with Gasteiger partial charge in [0.1, 0.15) is 17.3 Å². The van der Waals surface area contributed by atoms with Crippen LogP contribution in [0.3, 0.4) is 0 Å². The Kier molecular flexibility index (Phi) is 5.76. The van der Waals surface area contributed by atoms with Crippen molar-refractivity contribution in [2.45, 2.75) is 53.4 Å². The van der Waals surface area contributed by atoms with Crippen LogP contribution in [0.15, 0.2) is 33.2 Å². The van der Waals surface area contributed by atoms with E-state index in [9.17, 15) is 0 Å². The molecule has 3 aromatic rings. The Balaban J connectivity index is 1.45. The Bertz CT molecular complexity index is 845. The van der Waals surface area contributed by atoms with Gasteiger partial charge in [-0.25, -0.2) is 4.98 Å². The molecule has 0 atom stereocenters. The number of hydrogen-bond acceptors (Lipinski definition) is 5. The monoisotopic (exact) mass is 354 g/mol. The summed E-state index contributed by atoms with van der Waals surface area (Å²) >= 11 is 0. The van der Waals surface area contributed by atoms with E-state index in [1.54, 1.807) is 0 Å². The van der Waals surface area contributed by atoms with Gasteiger partial charge in [0.2, 0.25) is 5.89 Å². The van der Waals surface area contributed by atoms with Crippen molar-refractivity contribution >= 4 is 0 Å². The number of aromatic nitrogens is 2. The molecule has 0 aliphatic carbocycles. The summed E-state index contributed by atoms with van der Waals surface area (Å²) < 4.78 is 16.8. The van der Waals surface area contributed by atoms with E-state index in [-0.39, 0.29) is 0 Å². The molecular weight excluding hydrogens is 328 g/mol. The van der Waals surface area contributed by atoms with Crippen LogP contribution in [-0.2, 0) is 6.42 Å². The van der Waals surface area contributed by atoms with Crippen LogP contribution in [0.25, 0.3) is 11.5 Å². The van der Waals surface area contributed by atoms with Gasteiger partial charge in [0.25, 0.3) is 0 Å². The first-order valence-corrected chi connectivity index (χ1v) is 9.13. The Morgan fingerprint density at radius 3 is 2.50 bits per heavy atom. The van der Waals surface area contributed by atoms with Gasteiger partial charge in [-0.1, -0.05) is 5.16 Å². The molecule has 0 saturated heterocycles. The number of rotatable bonds is 8. The van der Waals surface area contributed by atoms with Gasteiger partial charge >= 0.3 is 0 Å². The minimum Gasteiger partial charge on any atom is -0.493 e.